The number of fused-ring (bicyclic) bond motifs is 9. The Bertz CT molecular complexity index is 3180. The van der Waals surface area contributed by atoms with Crippen LogP contribution in [0.3, 0.4) is 0 Å². The van der Waals surface area contributed by atoms with E-state index in [1.54, 1.807) is 0 Å². The summed E-state index contributed by atoms with van der Waals surface area (Å²) in [5.74, 6) is 0.584. The zero-order chi connectivity index (χ0) is 36.3. The SMILES string of the molecule is c1ccc(-c2ccc(N(c3cccc(-c4ccccc4)c3)c3ccc4ccc5c(ccc6c7ccc8oc(-c9ccccc9)nc8c7oc56)c4c3)cc2)cc1. The van der Waals surface area contributed by atoms with Gasteiger partial charge in [0.05, 0.1) is 0 Å². The van der Waals surface area contributed by atoms with E-state index >= 15 is 0 Å². The molecule has 258 valence electrons. The van der Waals surface area contributed by atoms with Crippen LogP contribution < -0.4 is 4.90 Å². The Morgan fingerprint density at radius 3 is 1.65 bits per heavy atom. The highest BCUT2D eigenvalue weighted by molar-refractivity contribution is 6.23. The second kappa shape index (κ2) is 12.6. The quantitative estimate of drug-likeness (QED) is 0.162. The second-order valence-electron chi connectivity index (χ2n) is 13.9. The predicted octanol–water partition coefficient (Wildman–Crippen LogP) is 14.5. The maximum atomic E-state index is 6.76. The van der Waals surface area contributed by atoms with E-state index in [4.69, 9.17) is 13.8 Å². The van der Waals surface area contributed by atoms with Crippen LogP contribution in [-0.2, 0) is 0 Å². The van der Waals surface area contributed by atoms with Crippen molar-refractivity contribution in [2.75, 3.05) is 4.90 Å². The van der Waals surface area contributed by atoms with E-state index in [2.05, 4.69) is 163 Å². The van der Waals surface area contributed by atoms with Crippen molar-refractivity contribution in [3.05, 3.63) is 194 Å². The van der Waals surface area contributed by atoms with E-state index in [0.29, 0.717) is 11.5 Å². The van der Waals surface area contributed by atoms with Crippen molar-refractivity contribution in [1.29, 1.82) is 0 Å². The topological polar surface area (TPSA) is 42.4 Å². The molecule has 0 saturated heterocycles. The van der Waals surface area contributed by atoms with E-state index in [-0.39, 0.29) is 0 Å². The van der Waals surface area contributed by atoms with E-state index in [1.807, 2.05) is 36.4 Å². The molecule has 0 spiro atoms. The first-order valence-electron chi connectivity index (χ1n) is 18.5. The maximum absolute atomic E-state index is 6.76. The minimum atomic E-state index is 0.584. The van der Waals surface area contributed by atoms with E-state index in [9.17, 15) is 0 Å². The molecule has 9 aromatic carbocycles. The smallest absolute Gasteiger partial charge is 0.227 e. The fraction of sp³-hybridized carbons (Fsp3) is 0. The van der Waals surface area contributed by atoms with Crippen LogP contribution in [0.2, 0.25) is 0 Å². The van der Waals surface area contributed by atoms with E-state index in [0.717, 1.165) is 71.6 Å². The summed E-state index contributed by atoms with van der Waals surface area (Å²) >= 11 is 0. The third-order valence-electron chi connectivity index (χ3n) is 10.7. The average molecular weight is 705 g/mol. The molecule has 0 amide bonds. The molecular formula is C51H32N2O2. The third-order valence-corrected chi connectivity index (χ3v) is 10.7. The number of anilines is 3. The lowest BCUT2D eigenvalue weighted by Gasteiger charge is -2.27. The first-order valence-corrected chi connectivity index (χ1v) is 18.5. The summed E-state index contributed by atoms with van der Waals surface area (Å²) < 4.78 is 13.0. The standard InChI is InChI=1S/C51H32N2O2/c1-4-11-33(12-5-1)35-19-23-39(24-20-35)53(40-18-10-17-38(31-40)34-13-6-2-7-14-34)41-25-21-36-22-26-43-42(46(36)32-41)27-28-44-45-29-30-47-48(50(45)55-49(43)44)52-51(54-47)37-15-8-3-9-16-37/h1-32H. The number of furan rings is 1. The molecule has 0 atom stereocenters. The molecular weight excluding hydrogens is 673 g/mol. The first-order chi connectivity index (χ1) is 27.2. The van der Waals surface area contributed by atoms with Gasteiger partial charge in [-0.2, -0.15) is 0 Å². The summed E-state index contributed by atoms with van der Waals surface area (Å²) in [6, 6.07) is 68.4. The molecule has 2 aromatic heterocycles. The number of hydrogen-bond acceptors (Lipinski definition) is 4. The maximum Gasteiger partial charge on any atom is 0.227 e. The highest BCUT2D eigenvalue weighted by Gasteiger charge is 2.20. The molecule has 11 rings (SSSR count). The Kier molecular flexibility index (Phi) is 7.14. The first kappa shape index (κ1) is 31.1. The Morgan fingerprint density at radius 2 is 0.891 bits per heavy atom. The summed E-state index contributed by atoms with van der Waals surface area (Å²) in [4.78, 5) is 7.26. The van der Waals surface area contributed by atoms with Crippen LogP contribution in [0.1, 0.15) is 0 Å². The molecule has 11 aromatic rings. The zero-order valence-electron chi connectivity index (χ0n) is 29.7. The van der Waals surface area contributed by atoms with Gasteiger partial charge in [0.2, 0.25) is 5.89 Å². The Balaban J connectivity index is 1.08. The minimum absolute atomic E-state index is 0.584. The normalized spacial score (nSPS) is 11.6. The fourth-order valence-corrected chi connectivity index (χ4v) is 7.98. The van der Waals surface area contributed by atoms with Crippen molar-refractivity contribution >= 4 is 71.6 Å². The number of oxazole rings is 1. The van der Waals surface area contributed by atoms with Crippen molar-refractivity contribution in [3.63, 3.8) is 0 Å². The highest BCUT2D eigenvalue weighted by Crippen LogP contribution is 2.43. The average Bonchev–Trinajstić information content (AvgIpc) is 3.88. The number of benzene rings is 9. The molecule has 0 aliphatic rings. The van der Waals surface area contributed by atoms with Gasteiger partial charge in [-0.25, -0.2) is 4.98 Å². The molecule has 0 aliphatic heterocycles. The monoisotopic (exact) mass is 704 g/mol. The molecule has 55 heavy (non-hydrogen) atoms. The van der Waals surface area contributed by atoms with Crippen LogP contribution >= 0.6 is 0 Å². The number of aromatic nitrogens is 1. The highest BCUT2D eigenvalue weighted by atomic mass is 16.4. The molecule has 4 heteroatoms. The van der Waals surface area contributed by atoms with Crippen LogP contribution in [0.5, 0.6) is 0 Å². The van der Waals surface area contributed by atoms with E-state index in [1.165, 1.54) is 22.3 Å². The van der Waals surface area contributed by atoms with Gasteiger partial charge in [0.1, 0.15) is 5.58 Å². The van der Waals surface area contributed by atoms with Crippen molar-refractivity contribution in [1.82, 2.24) is 4.98 Å². The molecule has 0 bridgehead atoms. The van der Waals surface area contributed by atoms with Gasteiger partial charge in [0, 0.05) is 38.8 Å². The number of hydrogen-bond donors (Lipinski definition) is 0. The van der Waals surface area contributed by atoms with Gasteiger partial charge in [-0.05, 0) is 111 Å². The molecule has 0 unspecified atom stereocenters. The summed E-state index contributed by atoms with van der Waals surface area (Å²) in [5, 5.41) is 6.58. The molecule has 4 nitrogen and oxygen atoms in total. The summed E-state index contributed by atoms with van der Waals surface area (Å²) in [6.07, 6.45) is 0. The van der Waals surface area contributed by atoms with Crippen LogP contribution in [0.4, 0.5) is 17.1 Å². The molecule has 0 aliphatic carbocycles. The van der Waals surface area contributed by atoms with Gasteiger partial charge in [-0.15, -0.1) is 0 Å². The lowest BCUT2D eigenvalue weighted by molar-refractivity contribution is 0.620. The van der Waals surface area contributed by atoms with Crippen molar-refractivity contribution in [2.45, 2.75) is 0 Å². The van der Waals surface area contributed by atoms with Crippen molar-refractivity contribution in [2.24, 2.45) is 0 Å². The van der Waals surface area contributed by atoms with E-state index < -0.39 is 0 Å². The van der Waals surface area contributed by atoms with Crippen LogP contribution in [0.25, 0.3) is 88.3 Å². The second-order valence-corrected chi connectivity index (χ2v) is 13.9. The lowest BCUT2D eigenvalue weighted by atomic mass is 9.98. The molecule has 0 fully saturated rings. The van der Waals surface area contributed by atoms with Crippen LogP contribution in [0, 0.1) is 0 Å². The molecule has 2 heterocycles. The third kappa shape index (κ3) is 5.26. The minimum Gasteiger partial charge on any atom is -0.453 e. The van der Waals surface area contributed by atoms with Gasteiger partial charge >= 0.3 is 0 Å². The predicted molar refractivity (Wildman–Crippen MR) is 227 cm³/mol. The molecule has 0 saturated carbocycles. The van der Waals surface area contributed by atoms with Crippen LogP contribution in [0.15, 0.2) is 203 Å². The Labute approximate surface area is 317 Å². The largest absolute Gasteiger partial charge is 0.453 e. The van der Waals surface area contributed by atoms with Crippen molar-refractivity contribution < 1.29 is 8.83 Å². The van der Waals surface area contributed by atoms with Gasteiger partial charge in [0.15, 0.2) is 16.7 Å². The van der Waals surface area contributed by atoms with Crippen LogP contribution in [-0.4, -0.2) is 4.98 Å². The lowest BCUT2D eigenvalue weighted by Crippen LogP contribution is -2.10. The van der Waals surface area contributed by atoms with Gasteiger partial charge in [0.25, 0.3) is 0 Å². The number of nitrogens with zero attached hydrogens (tertiary/aromatic N) is 2. The summed E-state index contributed by atoms with van der Waals surface area (Å²) in [7, 11) is 0. The Hall–Kier alpha value is -7.43. The zero-order valence-corrected chi connectivity index (χ0v) is 29.7. The molecule has 0 radical (unpaired) electrons. The van der Waals surface area contributed by atoms with Crippen molar-refractivity contribution in [3.8, 4) is 33.7 Å². The fourth-order valence-electron chi connectivity index (χ4n) is 7.98. The summed E-state index contributed by atoms with van der Waals surface area (Å²) in [5.41, 5.74) is 11.9. The Morgan fingerprint density at radius 1 is 0.345 bits per heavy atom. The van der Waals surface area contributed by atoms with Gasteiger partial charge in [-0.3, -0.25) is 0 Å². The molecule has 0 N–H and O–H groups in total. The summed E-state index contributed by atoms with van der Waals surface area (Å²) in [6.45, 7) is 0. The van der Waals surface area contributed by atoms with Gasteiger partial charge < -0.3 is 13.7 Å². The number of rotatable bonds is 6. The van der Waals surface area contributed by atoms with Gasteiger partial charge in [-0.1, -0.05) is 121 Å².